The lowest BCUT2D eigenvalue weighted by atomic mass is 10.1. The van der Waals surface area contributed by atoms with Crippen LogP contribution >= 0.6 is 23.2 Å². The van der Waals surface area contributed by atoms with E-state index in [4.69, 9.17) is 23.2 Å². The number of benzene rings is 2. The van der Waals surface area contributed by atoms with Gasteiger partial charge in [-0.15, -0.1) is 0 Å². The van der Waals surface area contributed by atoms with Gasteiger partial charge in [-0.05, 0) is 38.1 Å². The van der Waals surface area contributed by atoms with E-state index in [0.717, 1.165) is 16.0 Å². The first-order chi connectivity index (χ1) is 13.8. The summed E-state index contributed by atoms with van der Waals surface area (Å²) in [6.07, 6.45) is 0. The van der Waals surface area contributed by atoms with Crippen LogP contribution in [0.25, 0.3) is 10.9 Å². The van der Waals surface area contributed by atoms with E-state index in [1.165, 1.54) is 19.1 Å². The number of para-hydroxylation sites is 1. The Morgan fingerprint density at radius 1 is 1.03 bits per heavy atom. The van der Waals surface area contributed by atoms with Gasteiger partial charge in [-0.3, -0.25) is 24.3 Å². The maximum absolute atomic E-state index is 12.9. The van der Waals surface area contributed by atoms with E-state index in [1.54, 1.807) is 12.1 Å². The van der Waals surface area contributed by atoms with Crippen LogP contribution in [-0.2, 0) is 4.79 Å². The van der Waals surface area contributed by atoms with Gasteiger partial charge in [0.25, 0.3) is 11.8 Å². The zero-order valence-corrected chi connectivity index (χ0v) is 17.0. The number of rotatable bonds is 3. The van der Waals surface area contributed by atoms with Crippen LogP contribution in [0.4, 0.5) is 5.69 Å². The molecule has 1 N–H and O–H groups in total. The zero-order chi connectivity index (χ0) is 20.9. The highest BCUT2D eigenvalue weighted by molar-refractivity contribution is 6.43. The molecule has 1 aliphatic rings. The number of imide groups is 1. The Morgan fingerprint density at radius 2 is 1.66 bits per heavy atom. The molecule has 6 nitrogen and oxygen atoms in total. The first-order valence-corrected chi connectivity index (χ1v) is 9.57. The molecule has 1 atom stereocenters. The monoisotopic (exact) mass is 427 g/mol. The number of nitrogens with zero attached hydrogens (tertiary/aromatic N) is 2. The van der Waals surface area contributed by atoms with Gasteiger partial charge in [-0.1, -0.05) is 41.4 Å². The van der Waals surface area contributed by atoms with Crippen molar-refractivity contribution in [1.29, 1.82) is 0 Å². The molecule has 4 rings (SSSR count). The highest BCUT2D eigenvalue weighted by Crippen LogP contribution is 2.32. The van der Waals surface area contributed by atoms with Gasteiger partial charge in [-0.25, -0.2) is 0 Å². The van der Waals surface area contributed by atoms with Crippen molar-refractivity contribution in [3.63, 3.8) is 0 Å². The first-order valence-electron chi connectivity index (χ1n) is 8.82. The highest BCUT2D eigenvalue weighted by atomic mass is 35.5. The Labute approximate surface area is 176 Å². The average molecular weight is 428 g/mol. The molecule has 1 aliphatic heterocycles. The van der Waals surface area contributed by atoms with Gasteiger partial charge < -0.3 is 5.32 Å². The second-order valence-electron chi connectivity index (χ2n) is 6.79. The van der Waals surface area contributed by atoms with Gasteiger partial charge in [0.15, 0.2) is 0 Å². The summed E-state index contributed by atoms with van der Waals surface area (Å²) in [4.78, 5) is 43.7. The number of amides is 3. The molecule has 29 heavy (non-hydrogen) atoms. The molecule has 0 fully saturated rings. The fraction of sp³-hybridized carbons (Fsp3) is 0.143. The molecule has 3 aromatic rings. The first kappa shape index (κ1) is 19.4. The summed E-state index contributed by atoms with van der Waals surface area (Å²) in [5.41, 5.74) is 2.21. The molecule has 0 bridgehead atoms. The number of anilines is 1. The van der Waals surface area contributed by atoms with E-state index in [1.807, 2.05) is 25.1 Å². The van der Waals surface area contributed by atoms with Crippen molar-refractivity contribution >= 4 is 57.5 Å². The van der Waals surface area contributed by atoms with Crippen LogP contribution in [0, 0.1) is 6.92 Å². The van der Waals surface area contributed by atoms with Gasteiger partial charge in [0, 0.05) is 11.1 Å². The molecule has 2 aromatic carbocycles. The number of carbonyl (C=O) groups excluding carboxylic acids is 3. The van der Waals surface area contributed by atoms with E-state index in [0.29, 0.717) is 11.2 Å². The number of halogens is 2. The summed E-state index contributed by atoms with van der Waals surface area (Å²) in [7, 11) is 0. The topological polar surface area (TPSA) is 79.4 Å². The van der Waals surface area contributed by atoms with Crippen LogP contribution in [-0.4, -0.2) is 33.6 Å². The van der Waals surface area contributed by atoms with Gasteiger partial charge in [0.05, 0.1) is 32.4 Å². The molecule has 146 valence electrons. The normalized spacial score (nSPS) is 14.3. The summed E-state index contributed by atoms with van der Waals surface area (Å²) < 4.78 is 0. The second kappa shape index (κ2) is 7.13. The Kier molecular flexibility index (Phi) is 4.76. The predicted octanol–water partition coefficient (Wildman–Crippen LogP) is 4.47. The van der Waals surface area contributed by atoms with E-state index in [2.05, 4.69) is 10.3 Å². The van der Waals surface area contributed by atoms with Crippen molar-refractivity contribution in [1.82, 2.24) is 9.88 Å². The number of hydrogen-bond acceptors (Lipinski definition) is 4. The largest absolute Gasteiger partial charge is 0.322 e. The van der Waals surface area contributed by atoms with Crippen molar-refractivity contribution in [3.05, 3.63) is 69.3 Å². The molecule has 0 saturated carbocycles. The van der Waals surface area contributed by atoms with Crippen LogP contribution in [0.15, 0.2) is 42.5 Å². The predicted molar refractivity (Wildman–Crippen MR) is 112 cm³/mol. The molecule has 1 unspecified atom stereocenters. The van der Waals surface area contributed by atoms with Gasteiger partial charge >= 0.3 is 0 Å². The molecule has 2 heterocycles. The van der Waals surface area contributed by atoms with E-state index in [9.17, 15) is 14.4 Å². The Bertz CT molecular complexity index is 1170. The van der Waals surface area contributed by atoms with Crippen LogP contribution in [0.2, 0.25) is 10.0 Å². The standard InChI is InChI=1S/C21H15Cl2N3O3/c1-10-6-7-12-4-3-5-17(18(12)24-10)25-19(27)11(2)26-20(28)13-8-15(22)16(23)9-14(13)21(26)29/h3-9,11H,1-2H3,(H,25,27). The molecule has 0 aliphatic carbocycles. The van der Waals surface area contributed by atoms with Gasteiger partial charge in [-0.2, -0.15) is 0 Å². The SMILES string of the molecule is Cc1ccc2cccc(NC(=O)C(C)N3C(=O)c4cc(Cl)c(Cl)cc4C3=O)c2n1. The molecule has 0 radical (unpaired) electrons. The van der Waals surface area contributed by atoms with Gasteiger partial charge in [0.1, 0.15) is 6.04 Å². The number of nitrogens with one attached hydrogen (secondary N) is 1. The molecule has 0 spiro atoms. The Morgan fingerprint density at radius 3 is 2.28 bits per heavy atom. The van der Waals surface area contributed by atoms with Crippen molar-refractivity contribution in [2.45, 2.75) is 19.9 Å². The minimum Gasteiger partial charge on any atom is -0.322 e. The summed E-state index contributed by atoms with van der Waals surface area (Å²) >= 11 is 11.9. The zero-order valence-electron chi connectivity index (χ0n) is 15.5. The minimum absolute atomic E-state index is 0.131. The average Bonchev–Trinajstić information content (AvgIpc) is 2.92. The summed E-state index contributed by atoms with van der Waals surface area (Å²) in [6.45, 7) is 3.35. The van der Waals surface area contributed by atoms with Gasteiger partial charge in [0.2, 0.25) is 5.91 Å². The molecule has 3 amide bonds. The van der Waals surface area contributed by atoms with Crippen molar-refractivity contribution in [2.75, 3.05) is 5.32 Å². The number of aryl methyl sites for hydroxylation is 1. The summed E-state index contributed by atoms with van der Waals surface area (Å²) in [5, 5.41) is 3.98. The van der Waals surface area contributed by atoms with Crippen molar-refractivity contribution in [3.8, 4) is 0 Å². The number of hydrogen-bond donors (Lipinski definition) is 1. The maximum atomic E-state index is 12.9. The number of fused-ring (bicyclic) bond motifs is 2. The molecule has 1 aromatic heterocycles. The van der Waals surface area contributed by atoms with Crippen LogP contribution in [0.1, 0.15) is 33.3 Å². The lowest BCUT2D eigenvalue weighted by Gasteiger charge is -2.22. The third kappa shape index (κ3) is 3.24. The molecular formula is C21H15Cl2N3O3. The number of pyridine rings is 1. The minimum atomic E-state index is -1.04. The summed E-state index contributed by atoms with van der Waals surface area (Å²) in [5.74, 6) is -1.68. The molecule has 8 heteroatoms. The van der Waals surface area contributed by atoms with Crippen molar-refractivity contribution < 1.29 is 14.4 Å². The maximum Gasteiger partial charge on any atom is 0.262 e. The highest BCUT2D eigenvalue weighted by Gasteiger charge is 2.41. The third-order valence-corrected chi connectivity index (χ3v) is 5.57. The Hall–Kier alpha value is -2.96. The van der Waals surface area contributed by atoms with E-state index < -0.39 is 23.8 Å². The number of aromatic nitrogens is 1. The van der Waals surface area contributed by atoms with E-state index >= 15 is 0 Å². The lowest BCUT2D eigenvalue weighted by molar-refractivity contribution is -0.119. The second-order valence-corrected chi connectivity index (χ2v) is 7.60. The van der Waals surface area contributed by atoms with Crippen LogP contribution in [0.5, 0.6) is 0 Å². The quantitative estimate of drug-likeness (QED) is 0.625. The third-order valence-electron chi connectivity index (χ3n) is 4.84. The lowest BCUT2D eigenvalue weighted by Crippen LogP contribution is -2.45. The van der Waals surface area contributed by atoms with Crippen LogP contribution in [0.3, 0.4) is 0 Å². The fourth-order valence-corrected chi connectivity index (χ4v) is 3.63. The van der Waals surface area contributed by atoms with Crippen LogP contribution < -0.4 is 5.32 Å². The van der Waals surface area contributed by atoms with E-state index in [-0.39, 0.29) is 21.2 Å². The smallest absolute Gasteiger partial charge is 0.262 e. The molecule has 0 saturated heterocycles. The molecular weight excluding hydrogens is 413 g/mol. The summed E-state index contributed by atoms with van der Waals surface area (Å²) in [6, 6.07) is 10.9. The van der Waals surface area contributed by atoms with Crippen molar-refractivity contribution in [2.24, 2.45) is 0 Å². The Balaban J connectivity index is 1.63. The fourth-order valence-electron chi connectivity index (χ4n) is 3.30. The number of carbonyl (C=O) groups is 3.